The van der Waals surface area contributed by atoms with Gasteiger partial charge in [-0.25, -0.2) is 4.79 Å². The normalized spacial score (nSPS) is 10.4. The lowest BCUT2D eigenvalue weighted by molar-refractivity contribution is 0.303. The number of ether oxygens (including phenoxy) is 1. The van der Waals surface area contributed by atoms with Crippen LogP contribution in [0.4, 0.5) is 5.82 Å². The summed E-state index contributed by atoms with van der Waals surface area (Å²) in [6.07, 6.45) is 4.57. The number of rotatable bonds is 7. The number of hydrogen-bond acceptors (Lipinski definition) is 4. The molecule has 0 amide bonds. The lowest BCUT2D eigenvalue weighted by Gasteiger charge is -2.07. The van der Waals surface area contributed by atoms with Crippen LogP contribution in [-0.4, -0.2) is 16.2 Å². The van der Waals surface area contributed by atoms with Crippen molar-refractivity contribution in [2.75, 3.05) is 12.3 Å². The summed E-state index contributed by atoms with van der Waals surface area (Å²) in [4.78, 5) is 15.2. The number of anilines is 1. The van der Waals surface area contributed by atoms with E-state index in [1.807, 2.05) is 30.3 Å². The van der Waals surface area contributed by atoms with Crippen LogP contribution in [0.25, 0.3) is 0 Å². The Morgan fingerprint density at radius 2 is 1.90 bits per heavy atom. The Hall–Kier alpha value is -2.30. The number of para-hydroxylation sites is 1. The number of unbranched alkanes of at least 4 members (excludes halogenated alkanes) is 2. The molecule has 1 heterocycles. The number of nitrogens with two attached hydrogens (primary N) is 1. The first kappa shape index (κ1) is 14.1. The minimum absolute atomic E-state index is 0.266. The third kappa shape index (κ3) is 4.42. The fraction of sp³-hybridized carbons (Fsp3) is 0.333. The van der Waals surface area contributed by atoms with Gasteiger partial charge in [-0.3, -0.25) is 4.57 Å². The van der Waals surface area contributed by atoms with Crippen LogP contribution in [0.2, 0.25) is 0 Å². The van der Waals surface area contributed by atoms with E-state index in [1.165, 1.54) is 0 Å². The van der Waals surface area contributed by atoms with E-state index in [4.69, 9.17) is 10.5 Å². The highest BCUT2D eigenvalue weighted by Gasteiger charge is 1.98. The zero-order chi connectivity index (χ0) is 14.2. The Balaban J connectivity index is 1.63. The molecule has 0 aliphatic heterocycles. The first-order valence-electron chi connectivity index (χ1n) is 6.76. The molecule has 1 aromatic carbocycles. The molecule has 20 heavy (non-hydrogen) atoms. The molecular weight excluding hydrogens is 254 g/mol. The fourth-order valence-corrected chi connectivity index (χ4v) is 1.88. The van der Waals surface area contributed by atoms with E-state index in [-0.39, 0.29) is 11.5 Å². The van der Waals surface area contributed by atoms with E-state index in [1.54, 1.807) is 16.8 Å². The van der Waals surface area contributed by atoms with E-state index >= 15 is 0 Å². The summed E-state index contributed by atoms with van der Waals surface area (Å²) in [7, 11) is 0. The summed E-state index contributed by atoms with van der Waals surface area (Å²) in [6.45, 7) is 1.36. The predicted octanol–water partition coefficient (Wildman–Crippen LogP) is 2.07. The Bertz CT molecular complexity index is 581. The molecule has 1 aromatic heterocycles. The number of aryl methyl sites for hydroxylation is 1. The first-order chi connectivity index (χ1) is 9.75. The van der Waals surface area contributed by atoms with Crippen LogP contribution >= 0.6 is 0 Å². The molecule has 0 unspecified atom stereocenters. The Labute approximate surface area is 118 Å². The van der Waals surface area contributed by atoms with Gasteiger partial charge in [0.2, 0.25) is 0 Å². The van der Waals surface area contributed by atoms with Gasteiger partial charge in [-0.1, -0.05) is 18.2 Å². The largest absolute Gasteiger partial charge is 0.494 e. The van der Waals surface area contributed by atoms with Crippen molar-refractivity contribution in [1.29, 1.82) is 0 Å². The Morgan fingerprint density at radius 1 is 1.10 bits per heavy atom. The molecule has 5 heteroatoms. The van der Waals surface area contributed by atoms with Crippen LogP contribution in [-0.2, 0) is 6.54 Å². The van der Waals surface area contributed by atoms with Crippen molar-refractivity contribution < 1.29 is 4.74 Å². The van der Waals surface area contributed by atoms with Crippen molar-refractivity contribution >= 4 is 5.82 Å². The van der Waals surface area contributed by atoms with E-state index in [0.29, 0.717) is 13.2 Å². The van der Waals surface area contributed by atoms with Crippen LogP contribution in [0.1, 0.15) is 19.3 Å². The van der Waals surface area contributed by atoms with Crippen molar-refractivity contribution in [3.63, 3.8) is 0 Å². The number of aromatic nitrogens is 2. The SMILES string of the molecule is Nc1ccn(CCCCCOc2ccccc2)c(=O)n1. The molecule has 106 valence electrons. The van der Waals surface area contributed by atoms with Gasteiger partial charge < -0.3 is 10.5 Å². The fourth-order valence-electron chi connectivity index (χ4n) is 1.88. The molecule has 2 rings (SSSR count). The van der Waals surface area contributed by atoms with Crippen LogP contribution in [0.15, 0.2) is 47.4 Å². The third-order valence-corrected chi connectivity index (χ3v) is 2.95. The Kier molecular flexibility index (Phi) is 5.17. The van der Waals surface area contributed by atoms with Crippen molar-refractivity contribution in [1.82, 2.24) is 9.55 Å². The lowest BCUT2D eigenvalue weighted by Crippen LogP contribution is -2.23. The first-order valence-corrected chi connectivity index (χ1v) is 6.76. The van der Waals surface area contributed by atoms with Gasteiger partial charge in [0.1, 0.15) is 11.6 Å². The zero-order valence-electron chi connectivity index (χ0n) is 11.4. The predicted molar refractivity (Wildman–Crippen MR) is 78.7 cm³/mol. The molecule has 0 fully saturated rings. The summed E-state index contributed by atoms with van der Waals surface area (Å²) in [5, 5.41) is 0. The quantitative estimate of drug-likeness (QED) is 0.784. The molecule has 0 saturated heterocycles. The second-order valence-corrected chi connectivity index (χ2v) is 4.55. The van der Waals surface area contributed by atoms with Gasteiger partial charge in [-0.05, 0) is 37.5 Å². The average Bonchev–Trinajstić information content (AvgIpc) is 2.46. The summed E-state index contributed by atoms with van der Waals surface area (Å²) < 4.78 is 7.18. The van der Waals surface area contributed by atoms with Crippen molar-refractivity contribution in [2.24, 2.45) is 0 Å². The molecule has 0 atom stereocenters. The molecule has 0 bridgehead atoms. The highest BCUT2D eigenvalue weighted by Crippen LogP contribution is 2.09. The maximum absolute atomic E-state index is 11.5. The molecule has 0 radical (unpaired) electrons. The van der Waals surface area contributed by atoms with Gasteiger partial charge in [-0.15, -0.1) is 0 Å². The summed E-state index contributed by atoms with van der Waals surface area (Å²) in [5.41, 5.74) is 5.15. The van der Waals surface area contributed by atoms with Crippen LogP contribution < -0.4 is 16.2 Å². The van der Waals surface area contributed by atoms with Crippen molar-refractivity contribution in [3.8, 4) is 5.75 Å². The van der Waals surface area contributed by atoms with Gasteiger partial charge in [-0.2, -0.15) is 4.98 Å². The second-order valence-electron chi connectivity index (χ2n) is 4.55. The van der Waals surface area contributed by atoms with Crippen LogP contribution in [0.3, 0.4) is 0 Å². The van der Waals surface area contributed by atoms with Crippen molar-refractivity contribution in [3.05, 3.63) is 53.1 Å². The number of nitrogen functional groups attached to an aromatic ring is 1. The van der Waals surface area contributed by atoms with E-state index < -0.39 is 0 Å². The standard InChI is InChI=1S/C15H19N3O2/c16-14-9-11-18(15(19)17-14)10-5-2-6-12-20-13-7-3-1-4-8-13/h1,3-4,7-9,11H,2,5-6,10,12H2,(H2,16,17,19). The van der Waals surface area contributed by atoms with Gasteiger partial charge in [0, 0.05) is 12.7 Å². The molecule has 5 nitrogen and oxygen atoms in total. The summed E-state index contributed by atoms with van der Waals surface area (Å²) in [6, 6.07) is 11.4. The van der Waals surface area contributed by atoms with E-state index in [9.17, 15) is 4.79 Å². The molecular formula is C15H19N3O2. The van der Waals surface area contributed by atoms with Gasteiger partial charge in [0.25, 0.3) is 0 Å². The smallest absolute Gasteiger partial charge is 0.349 e. The third-order valence-electron chi connectivity index (χ3n) is 2.95. The molecule has 2 aromatic rings. The van der Waals surface area contributed by atoms with Crippen LogP contribution in [0, 0.1) is 0 Å². The molecule has 0 aliphatic rings. The van der Waals surface area contributed by atoms with Gasteiger partial charge in [0.05, 0.1) is 6.61 Å². The minimum atomic E-state index is -0.287. The highest BCUT2D eigenvalue weighted by atomic mass is 16.5. The van der Waals surface area contributed by atoms with E-state index in [2.05, 4.69) is 4.98 Å². The summed E-state index contributed by atoms with van der Waals surface area (Å²) in [5.74, 6) is 1.16. The van der Waals surface area contributed by atoms with E-state index in [0.717, 1.165) is 25.0 Å². The van der Waals surface area contributed by atoms with Gasteiger partial charge >= 0.3 is 5.69 Å². The number of nitrogens with zero attached hydrogens (tertiary/aromatic N) is 2. The molecule has 0 saturated carbocycles. The number of benzene rings is 1. The Morgan fingerprint density at radius 3 is 2.65 bits per heavy atom. The molecule has 0 spiro atoms. The number of hydrogen-bond donors (Lipinski definition) is 1. The molecule has 0 aliphatic carbocycles. The maximum Gasteiger partial charge on any atom is 0.349 e. The highest BCUT2D eigenvalue weighted by molar-refractivity contribution is 5.23. The average molecular weight is 273 g/mol. The van der Waals surface area contributed by atoms with Crippen molar-refractivity contribution in [2.45, 2.75) is 25.8 Å². The van der Waals surface area contributed by atoms with Crippen LogP contribution in [0.5, 0.6) is 5.75 Å². The topological polar surface area (TPSA) is 70.1 Å². The second kappa shape index (κ2) is 7.33. The lowest BCUT2D eigenvalue weighted by atomic mass is 10.2. The monoisotopic (exact) mass is 273 g/mol. The van der Waals surface area contributed by atoms with Gasteiger partial charge in [0.15, 0.2) is 0 Å². The summed E-state index contributed by atoms with van der Waals surface area (Å²) >= 11 is 0. The zero-order valence-corrected chi connectivity index (χ0v) is 11.4. The molecule has 2 N–H and O–H groups in total. The minimum Gasteiger partial charge on any atom is -0.494 e. The maximum atomic E-state index is 11.5.